The van der Waals surface area contributed by atoms with Gasteiger partial charge < -0.3 is 9.40 Å². The molecule has 42 heavy (non-hydrogen) atoms. The van der Waals surface area contributed by atoms with Crippen LogP contribution in [0.2, 0.25) is 0 Å². The van der Waals surface area contributed by atoms with Crippen molar-refractivity contribution in [2.24, 2.45) is 0 Å². The first-order valence-corrected chi connectivity index (χ1v) is 14.2. The number of fused-ring (bicyclic) bond motifs is 6. The molecule has 0 atom stereocenters. The van der Waals surface area contributed by atoms with Crippen LogP contribution in [0.4, 0.5) is 0 Å². The van der Waals surface area contributed by atoms with E-state index in [0.29, 0.717) is 5.42 Å². The predicted octanol–water partition coefficient (Wildman–Crippen LogP) is 9.60. The highest BCUT2D eigenvalue weighted by Crippen LogP contribution is 2.38. The zero-order valence-corrected chi connectivity index (χ0v) is 23.0. The maximum absolute atomic E-state index is 5.98. The molecular formula is C40H27NO. The molecule has 0 fully saturated rings. The van der Waals surface area contributed by atoms with Crippen LogP contribution in [0.25, 0.3) is 89.6 Å². The molecule has 2 heteroatoms. The molecule has 1 N–H and O–H groups in total. The summed E-state index contributed by atoms with van der Waals surface area (Å²) < 4.78 is 5.98. The second-order valence-electron chi connectivity index (χ2n) is 10.8. The molecule has 0 spiro atoms. The number of hydrogen-bond donors (Lipinski definition) is 1. The van der Waals surface area contributed by atoms with E-state index in [1.165, 1.54) is 49.3 Å². The topological polar surface area (TPSA) is 28.9 Å². The summed E-state index contributed by atoms with van der Waals surface area (Å²) in [7, 11) is 0. The Hall–Kier alpha value is -5.60. The normalized spacial score (nSPS) is 12.1. The van der Waals surface area contributed by atoms with E-state index in [4.69, 9.17) is 4.42 Å². The van der Waals surface area contributed by atoms with E-state index in [0.717, 1.165) is 32.8 Å². The highest BCUT2D eigenvalue weighted by Gasteiger charge is 2.13. The van der Waals surface area contributed by atoms with E-state index in [2.05, 4.69) is 139 Å². The second-order valence-corrected chi connectivity index (χ2v) is 10.8. The lowest BCUT2D eigenvalue weighted by molar-refractivity contribution is 0.577. The van der Waals surface area contributed by atoms with Crippen LogP contribution in [0.1, 0.15) is 0 Å². The van der Waals surface area contributed by atoms with Gasteiger partial charge in [0.1, 0.15) is 11.0 Å². The largest absolute Gasteiger partial charge is 0.457 e. The van der Waals surface area contributed by atoms with Gasteiger partial charge in [-0.05, 0) is 68.9 Å². The standard InChI is InChI=1S/C40H27NO/c1-3-9-32-25(2)42-38-24-30(18-20-35(32)38)28-12-6-11-27(22-28)29-13-7-14-31(23-29)34-16-8-17-36-39-33-15-5-4-10-26(33)19-21-37(39)41-40(34)36/h3-24,41H,1-2H2/b32-9+. The van der Waals surface area contributed by atoms with E-state index < -0.39 is 0 Å². The lowest BCUT2D eigenvalue weighted by Gasteiger charge is -2.09. The molecule has 0 saturated carbocycles. The summed E-state index contributed by atoms with van der Waals surface area (Å²) in [5, 5.41) is 7.09. The number of furan rings is 1. The van der Waals surface area contributed by atoms with Crippen molar-refractivity contribution in [3.63, 3.8) is 0 Å². The maximum Gasteiger partial charge on any atom is 0.136 e. The number of nitrogens with one attached hydrogen (secondary N) is 1. The molecule has 0 aliphatic carbocycles. The van der Waals surface area contributed by atoms with Crippen LogP contribution in [-0.2, 0) is 0 Å². The Morgan fingerprint density at radius 1 is 0.595 bits per heavy atom. The molecule has 198 valence electrons. The number of H-pyrrole nitrogens is 1. The van der Waals surface area contributed by atoms with Crippen molar-refractivity contribution in [1.29, 1.82) is 0 Å². The van der Waals surface area contributed by atoms with E-state index in [9.17, 15) is 0 Å². The summed E-state index contributed by atoms with van der Waals surface area (Å²) in [5.74, 6) is 0. The highest BCUT2D eigenvalue weighted by atomic mass is 16.3. The van der Waals surface area contributed by atoms with Gasteiger partial charge in [0.25, 0.3) is 0 Å². The Kier molecular flexibility index (Phi) is 5.48. The number of para-hydroxylation sites is 1. The zero-order chi connectivity index (χ0) is 28.2. The van der Waals surface area contributed by atoms with Crippen molar-refractivity contribution in [1.82, 2.24) is 4.98 Å². The Bertz CT molecular complexity index is 2450. The fourth-order valence-electron chi connectivity index (χ4n) is 6.33. The minimum Gasteiger partial charge on any atom is -0.457 e. The van der Waals surface area contributed by atoms with Crippen LogP contribution >= 0.6 is 0 Å². The van der Waals surface area contributed by atoms with E-state index in [-0.39, 0.29) is 0 Å². The third-order valence-corrected chi connectivity index (χ3v) is 8.32. The Morgan fingerprint density at radius 2 is 1.29 bits per heavy atom. The Morgan fingerprint density at radius 3 is 2.10 bits per heavy atom. The lowest BCUT2D eigenvalue weighted by Crippen LogP contribution is -2.17. The van der Waals surface area contributed by atoms with Crippen molar-refractivity contribution in [2.45, 2.75) is 0 Å². The second kappa shape index (κ2) is 9.50. The van der Waals surface area contributed by atoms with Gasteiger partial charge in [-0.3, -0.25) is 0 Å². The van der Waals surface area contributed by atoms with Crippen LogP contribution in [-0.4, -0.2) is 4.98 Å². The molecule has 2 nitrogen and oxygen atoms in total. The highest BCUT2D eigenvalue weighted by molar-refractivity contribution is 6.22. The van der Waals surface area contributed by atoms with Crippen LogP contribution in [0.5, 0.6) is 0 Å². The van der Waals surface area contributed by atoms with Gasteiger partial charge in [-0.25, -0.2) is 0 Å². The quantitative estimate of drug-likeness (QED) is 0.238. The molecular weight excluding hydrogens is 510 g/mol. The molecule has 0 aliphatic heterocycles. The van der Waals surface area contributed by atoms with Crippen LogP contribution in [0.3, 0.4) is 0 Å². The summed E-state index contributed by atoms with van der Waals surface area (Å²) in [5.41, 5.74) is 10.8. The Labute approximate surface area is 243 Å². The maximum atomic E-state index is 5.98. The van der Waals surface area contributed by atoms with Crippen molar-refractivity contribution >= 4 is 56.2 Å². The number of rotatable bonds is 4. The molecule has 2 heterocycles. The molecule has 8 rings (SSSR count). The average molecular weight is 538 g/mol. The summed E-state index contributed by atoms with van der Waals surface area (Å²) in [6, 6.07) is 43.5. The van der Waals surface area contributed by atoms with Gasteiger partial charge in [0.05, 0.1) is 5.52 Å². The van der Waals surface area contributed by atoms with Crippen LogP contribution in [0.15, 0.2) is 138 Å². The van der Waals surface area contributed by atoms with Gasteiger partial charge in [-0.1, -0.05) is 116 Å². The SMILES string of the molecule is C=C/C=c1\c(=C)oc2cc(-c3cccc(-c4cccc(-c5cccc6c5[nH]c5ccc7ccccc7c56)c4)c3)ccc12. The third kappa shape index (κ3) is 3.81. The average Bonchev–Trinajstić information content (AvgIpc) is 3.58. The molecule has 0 radical (unpaired) electrons. The fraction of sp³-hybridized carbons (Fsp3) is 0. The first-order chi connectivity index (χ1) is 20.7. The number of benzene rings is 6. The van der Waals surface area contributed by atoms with E-state index in [1.807, 2.05) is 6.08 Å². The first-order valence-electron chi connectivity index (χ1n) is 14.2. The summed E-state index contributed by atoms with van der Waals surface area (Å²) in [4.78, 5) is 3.73. The first kappa shape index (κ1) is 24.2. The van der Waals surface area contributed by atoms with Gasteiger partial charge in [-0.2, -0.15) is 0 Å². The molecule has 0 unspecified atom stereocenters. The molecule has 6 aromatic carbocycles. The predicted molar refractivity (Wildman–Crippen MR) is 179 cm³/mol. The van der Waals surface area contributed by atoms with Crippen molar-refractivity contribution in [2.75, 3.05) is 0 Å². The summed E-state index contributed by atoms with van der Waals surface area (Å²) in [6.07, 6.45) is 3.71. The number of aromatic nitrogens is 1. The molecule has 0 saturated heterocycles. The minimum atomic E-state index is 0.658. The van der Waals surface area contributed by atoms with Crippen molar-refractivity contribution < 1.29 is 4.42 Å². The third-order valence-electron chi connectivity index (χ3n) is 8.32. The minimum absolute atomic E-state index is 0.658. The van der Waals surface area contributed by atoms with Gasteiger partial charge >= 0.3 is 0 Å². The zero-order valence-electron chi connectivity index (χ0n) is 23.0. The molecule has 0 aliphatic rings. The van der Waals surface area contributed by atoms with Crippen LogP contribution in [0, 0.1) is 0 Å². The van der Waals surface area contributed by atoms with Gasteiger partial charge in [0, 0.05) is 32.5 Å². The Balaban J connectivity index is 1.22. The van der Waals surface area contributed by atoms with Crippen molar-refractivity contribution in [3.8, 4) is 33.4 Å². The number of hydrogen-bond acceptors (Lipinski definition) is 1. The molecule has 8 aromatic rings. The molecule has 0 amide bonds. The van der Waals surface area contributed by atoms with Gasteiger partial charge in [0.15, 0.2) is 0 Å². The van der Waals surface area contributed by atoms with Gasteiger partial charge in [-0.15, -0.1) is 0 Å². The lowest BCUT2D eigenvalue weighted by atomic mass is 9.95. The number of aromatic amines is 1. The van der Waals surface area contributed by atoms with E-state index in [1.54, 1.807) is 6.08 Å². The fourth-order valence-corrected chi connectivity index (χ4v) is 6.33. The molecule has 0 bridgehead atoms. The number of allylic oxidation sites excluding steroid dienone is 1. The van der Waals surface area contributed by atoms with Crippen molar-refractivity contribution in [3.05, 3.63) is 145 Å². The molecule has 2 aromatic heterocycles. The summed E-state index contributed by atoms with van der Waals surface area (Å²) >= 11 is 0. The van der Waals surface area contributed by atoms with E-state index >= 15 is 0 Å². The van der Waals surface area contributed by atoms with Crippen LogP contribution < -0.4 is 10.6 Å². The van der Waals surface area contributed by atoms with Gasteiger partial charge in [0.2, 0.25) is 0 Å². The summed E-state index contributed by atoms with van der Waals surface area (Å²) in [6.45, 7) is 7.88. The smallest absolute Gasteiger partial charge is 0.136 e. The monoisotopic (exact) mass is 537 g/mol.